The molecule has 1 fully saturated rings. The zero-order valence-corrected chi connectivity index (χ0v) is 13.9. The summed E-state index contributed by atoms with van der Waals surface area (Å²) in [6.45, 7) is 2.98. The van der Waals surface area contributed by atoms with Crippen molar-refractivity contribution in [3.8, 4) is 0 Å². The maximum atomic E-state index is 6.20. The summed E-state index contributed by atoms with van der Waals surface area (Å²) in [6, 6.07) is 4.13. The van der Waals surface area contributed by atoms with Gasteiger partial charge in [0.25, 0.3) is 0 Å². The van der Waals surface area contributed by atoms with E-state index in [9.17, 15) is 0 Å². The number of nitrogens with zero attached hydrogens (tertiary/aromatic N) is 2. The highest BCUT2D eigenvalue weighted by Crippen LogP contribution is 2.35. The van der Waals surface area contributed by atoms with E-state index in [4.69, 9.17) is 5.73 Å². The zero-order chi connectivity index (χ0) is 15.0. The first-order valence-electron chi connectivity index (χ1n) is 7.58. The van der Waals surface area contributed by atoms with Gasteiger partial charge >= 0.3 is 0 Å². The van der Waals surface area contributed by atoms with Crippen LogP contribution in [0.25, 0.3) is 10.2 Å². The van der Waals surface area contributed by atoms with Gasteiger partial charge in [-0.1, -0.05) is 12.8 Å². The molecule has 1 heterocycles. The minimum absolute atomic E-state index is 0.263. The van der Waals surface area contributed by atoms with Gasteiger partial charge in [0.1, 0.15) is 0 Å². The van der Waals surface area contributed by atoms with Crippen LogP contribution < -0.4 is 11.1 Å². The van der Waals surface area contributed by atoms with E-state index in [1.54, 1.807) is 11.3 Å². The van der Waals surface area contributed by atoms with E-state index in [-0.39, 0.29) is 5.54 Å². The molecule has 0 saturated heterocycles. The first kappa shape index (κ1) is 14.6. The Morgan fingerprint density at radius 2 is 2.05 bits per heavy atom. The largest absolute Gasteiger partial charge is 0.397 e. The highest BCUT2D eigenvalue weighted by molar-refractivity contribution is 7.18. The number of hydrogen-bond donors (Lipinski definition) is 2. The summed E-state index contributed by atoms with van der Waals surface area (Å²) >= 11 is 1.70. The molecule has 0 radical (unpaired) electrons. The molecule has 0 aliphatic heterocycles. The van der Waals surface area contributed by atoms with E-state index < -0.39 is 0 Å². The van der Waals surface area contributed by atoms with Crippen LogP contribution in [0.4, 0.5) is 11.4 Å². The SMILES string of the molecule is Cc1nc2cc(NCC3(N(C)C)CCCC3)c(N)cc2s1. The monoisotopic (exact) mass is 304 g/mol. The Morgan fingerprint density at radius 3 is 2.71 bits per heavy atom. The Hall–Kier alpha value is -1.33. The van der Waals surface area contributed by atoms with Gasteiger partial charge in [-0.3, -0.25) is 0 Å². The molecule has 0 amide bonds. The van der Waals surface area contributed by atoms with Crippen LogP contribution >= 0.6 is 11.3 Å². The summed E-state index contributed by atoms with van der Waals surface area (Å²) in [5.74, 6) is 0. The summed E-state index contributed by atoms with van der Waals surface area (Å²) in [5, 5.41) is 4.66. The molecule has 0 spiro atoms. The van der Waals surface area contributed by atoms with Gasteiger partial charge in [0.15, 0.2) is 0 Å². The lowest BCUT2D eigenvalue weighted by molar-refractivity contribution is 0.172. The van der Waals surface area contributed by atoms with Crippen LogP contribution in [0.2, 0.25) is 0 Å². The van der Waals surface area contributed by atoms with Gasteiger partial charge in [-0.05, 0) is 46.0 Å². The summed E-state index contributed by atoms with van der Waals surface area (Å²) in [6.07, 6.45) is 5.15. The predicted molar refractivity (Wildman–Crippen MR) is 92.1 cm³/mol. The van der Waals surface area contributed by atoms with E-state index in [2.05, 4.69) is 35.4 Å². The van der Waals surface area contributed by atoms with Crippen molar-refractivity contribution in [1.82, 2.24) is 9.88 Å². The van der Waals surface area contributed by atoms with Crippen LogP contribution in [0.5, 0.6) is 0 Å². The van der Waals surface area contributed by atoms with Crippen molar-refractivity contribution >= 4 is 32.9 Å². The third-order valence-corrected chi connectivity index (χ3v) is 5.69. The Bertz CT molecular complexity index is 641. The first-order valence-corrected chi connectivity index (χ1v) is 8.40. The number of hydrogen-bond acceptors (Lipinski definition) is 5. The second-order valence-corrected chi connectivity index (χ2v) is 7.55. The minimum atomic E-state index is 0.263. The number of aryl methyl sites for hydroxylation is 1. The van der Waals surface area contributed by atoms with Crippen LogP contribution in [0.15, 0.2) is 12.1 Å². The lowest BCUT2D eigenvalue weighted by Gasteiger charge is -2.37. The third-order valence-electron chi connectivity index (χ3n) is 4.76. The number of aromatic nitrogens is 1. The number of likely N-dealkylation sites (N-methyl/N-ethyl adjacent to an activating group) is 1. The molecule has 21 heavy (non-hydrogen) atoms. The van der Waals surface area contributed by atoms with Crippen molar-refractivity contribution in [2.45, 2.75) is 38.1 Å². The molecule has 0 bridgehead atoms. The molecule has 5 heteroatoms. The van der Waals surface area contributed by atoms with Crippen molar-refractivity contribution in [2.75, 3.05) is 31.7 Å². The third kappa shape index (κ3) is 2.72. The van der Waals surface area contributed by atoms with Crippen LogP contribution in [0.3, 0.4) is 0 Å². The van der Waals surface area contributed by atoms with Crippen molar-refractivity contribution in [2.24, 2.45) is 0 Å². The number of benzene rings is 1. The Morgan fingerprint density at radius 1 is 1.33 bits per heavy atom. The van der Waals surface area contributed by atoms with E-state index >= 15 is 0 Å². The molecule has 1 aromatic carbocycles. The number of thiazole rings is 1. The van der Waals surface area contributed by atoms with Crippen molar-refractivity contribution < 1.29 is 0 Å². The maximum Gasteiger partial charge on any atom is 0.0907 e. The summed E-state index contributed by atoms with van der Waals surface area (Å²) in [7, 11) is 4.37. The topological polar surface area (TPSA) is 54.2 Å². The van der Waals surface area contributed by atoms with E-state index in [0.717, 1.165) is 28.4 Å². The number of nitrogens with two attached hydrogens (primary N) is 1. The number of nitrogen functional groups attached to an aromatic ring is 1. The van der Waals surface area contributed by atoms with Gasteiger partial charge in [0.2, 0.25) is 0 Å². The van der Waals surface area contributed by atoms with Gasteiger partial charge < -0.3 is 16.0 Å². The molecular formula is C16H24N4S. The lowest BCUT2D eigenvalue weighted by Crippen LogP contribution is -2.47. The lowest BCUT2D eigenvalue weighted by atomic mass is 9.96. The van der Waals surface area contributed by atoms with Crippen molar-refractivity contribution in [3.05, 3.63) is 17.1 Å². The average molecular weight is 304 g/mol. The van der Waals surface area contributed by atoms with Gasteiger partial charge in [-0.15, -0.1) is 11.3 Å². The van der Waals surface area contributed by atoms with Crippen LogP contribution in [0.1, 0.15) is 30.7 Å². The van der Waals surface area contributed by atoms with Crippen LogP contribution in [-0.4, -0.2) is 36.1 Å². The van der Waals surface area contributed by atoms with Crippen LogP contribution in [0, 0.1) is 6.92 Å². The number of fused-ring (bicyclic) bond motifs is 1. The second-order valence-electron chi connectivity index (χ2n) is 6.32. The molecule has 1 aliphatic rings. The Balaban J connectivity index is 1.82. The second kappa shape index (κ2) is 5.46. The fourth-order valence-electron chi connectivity index (χ4n) is 3.33. The zero-order valence-electron chi connectivity index (χ0n) is 13.1. The smallest absolute Gasteiger partial charge is 0.0907 e. The average Bonchev–Trinajstić information content (AvgIpc) is 3.02. The quantitative estimate of drug-likeness (QED) is 0.849. The van der Waals surface area contributed by atoms with E-state index in [1.807, 2.05) is 13.0 Å². The van der Waals surface area contributed by atoms with Gasteiger partial charge in [-0.2, -0.15) is 0 Å². The molecular weight excluding hydrogens is 280 g/mol. The molecule has 0 unspecified atom stereocenters. The Labute approximate surface area is 130 Å². The fourth-order valence-corrected chi connectivity index (χ4v) is 4.19. The van der Waals surface area contributed by atoms with E-state index in [1.165, 1.54) is 30.4 Å². The van der Waals surface area contributed by atoms with Gasteiger partial charge in [-0.25, -0.2) is 4.98 Å². The summed E-state index contributed by atoms with van der Waals surface area (Å²) in [4.78, 5) is 6.93. The molecule has 1 aliphatic carbocycles. The predicted octanol–water partition coefficient (Wildman–Crippen LogP) is 3.47. The molecule has 3 rings (SSSR count). The van der Waals surface area contributed by atoms with Crippen molar-refractivity contribution in [1.29, 1.82) is 0 Å². The fraction of sp³-hybridized carbons (Fsp3) is 0.562. The standard InChI is InChI=1S/C16H24N4S/c1-11-19-14-9-13(12(17)8-15(14)21-11)18-10-16(20(2)3)6-4-5-7-16/h8-9,18H,4-7,10,17H2,1-3H3. The normalized spacial score (nSPS) is 17.7. The first-order chi connectivity index (χ1) is 10.00. The molecule has 1 saturated carbocycles. The molecule has 4 nitrogen and oxygen atoms in total. The molecule has 2 aromatic rings. The highest BCUT2D eigenvalue weighted by atomic mass is 32.1. The number of nitrogens with one attached hydrogen (secondary N) is 1. The van der Waals surface area contributed by atoms with Gasteiger partial charge in [0, 0.05) is 12.1 Å². The Kier molecular flexibility index (Phi) is 3.80. The molecule has 3 N–H and O–H groups in total. The highest BCUT2D eigenvalue weighted by Gasteiger charge is 2.35. The summed E-state index contributed by atoms with van der Waals surface area (Å²) < 4.78 is 1.17. The number of rotatable bonds is 4. The van der Waals surface area contributed by atoms with Crippen molar-refractivity contribution in [3.63, 3.8) is 0 Å². The summed E-state index contributed by atoms with van der Waals surface area (Å²) in [5.41, 5.74) is 9.34. The van der Waals surface area contributed by atoms with Crippen LogP contribution in [-0.2, 0) is 0 Å². The minimum Gasteiger partial charge on any atom is -0.397 e. The molecule has 1 aromatic heterocycles. The molecule has 114 valence electrons. The van der Waals surface area contributed by atoms with Gasteiger partial charge in [0.05, 0.1) is 26.6 Å². The maximum absolute atomic E-state index is 6.20. The molecule has 0 atom stereocenters. The van der Waals surface area contributed by atoms with E-state index in [0.29, 0.717) is 0 Å². The number of anilines is 2.